The Balaban J connectivity index is 3.90. The van der Waals surface area contributed by atoms with E-state index in [9.17, 15) is 13.5 Å². The van der Waals surface area contributed by atoms with E-state index in [0.717, 1.165) is 44.9 Å². The Morgan fingerprint density at radius 3 is 1.94 bits per heavy atom. The SMILES string of the molecule is CCCCC(CCCCC(O)CCC)S(=O)(=O)O. The quantitative estimate of drug-likeness (QED) is 0.450. The molecule has 4 nitrogen and oxygen atoms in total. The fourth-order valence-corrected chi connectivity index (χ4v) is 3.03. The third kappa shape index (κ3) is 8.89. The van der Waals surface area contributed by atoms with E-state index in [1.807, 2.05) is 13.8 Å². The highest BCUT2D eigenvalue weighted by molar-refractivity contribution is 7.86. The Kier molecular flexibility index (Phi) is 9.68. The minimum absolute atomic E-state index is 0.269. The fraction of sp³-hybridized carbons (Fsp3) is 1.00. The molecule has 0 radical (unpaired) electrons. The lowest BCUT2D eigenvalue weighted by molar-refractivity contribution is 0.150. The summed E-state index contributed by atoms with van der Waals surface area (Å²) in [5, 5.41) is 8.92. The zero-order valence-electron chi connectivity index (χ0n) is 11.6. The summed E-state index contributed by atoms with van der Waals surface area (Å²) in [6.45, 7) is 4.03. The van der Waals surface area contributed by atoms with Crippen molar-refractivity contribution in [3.63, 3.8) is 0 Å². The third-order valence-corrected chi connectivity index (χ3v) is 4.55. The fourth-order valence-electron chi connectivity index (χ4n) is 2.10. The zero-order chi connectivity index (χ0) is 14.0. The first kappa shape index (κ1) is 17.9. The van der Waals surface area contributed by atoms with Gasteiger partial charge in [0.1, 0.15) is 0 Å². The zero-order valence-corrected chi connectivity index (χ0v) is 12.5. The van der Waals surface area contributed by atoms with Crippen LogP contribution in [0.1, 0.15) is 71.6 Å². The van der Waals surface area contributed by atoms with Crippen molar-refractivity contribution in [2.24, 2.45) is 0 Å². The molecule has 2 unspecified atom stereocenters. The van der Waals surface area contributed by atoms with Crippen LogP contribution in [0.4, 0.5) is 0 Å². The molecule has 0 aromatic heterocycles. The minimum atomic E-state index is -3.91. The molecule has 0 aromatic carbocycles. The second-order valence-electron chi connectivity index (χ2n) is 5.01. The van der Waals surface area contributed by atoms with Crippen LogP contribution in [-0.4, -0.2) is 29.4 Å². The predicted molar refractivity (Wildman–Crippen MR) is 74.2 cm³/mol. The Morgan fingerprint density at radius 2 is 1.44 bits per heavy atom. The molecule has 0 saturated carbocycles. The topological polar surface area (TPSA) is 74.6 Å². The average Bonchev–Trinajstić information content (AvgIpc) is 2.26. The summed E-state index contributed by atoms with van der Waals surface area (Å²) in [5.41, 5.74) is 0. The molecule has 2 N–H and O–H groups in total. The molecule has 18 heavy (non-hydrogen) atoms. The summed E-state index contributed by atoms with van der Waals surface area (Å²) in [7, 11) is -3.91. The van der Waals surface area contributed by atoms with Gasteiger partial charge in [-0.3, -0.25) is 4.55 Å². The molecule has 0 heterocycles. The largest absolute Gasteiger partial charge is 0.393 e. The Labute approximate surface area is 112 Å². The summed E-state index contributed by atoms with van der Waals surface area (Å²) in [4.78, 5) is 0. The molecule has 0 aliphatic heterocycles. The molecule has 2 atom stereocenters. The molecular weight excluding hydrogens is 252 g/mol. The van der Waals surface area contributed by atoms with E-state index in [1.165, 1.54) is 0 Å². The van der Waals surface area contributed by atoms with E-state index in [2.05, 4.69) is 0 Å². The molecule has 0 bridgehead atoms. The number of rotatable bonds is 11. The molecule has 0 spiro atoms. The van der Waals surface area contributed by atoms with Gasteiger partial charge in [0.25, 0.3) is 10.1 Å². The maximum atomic E-state index is 11.2. The van der Waals surface area contributed by atoms with Crippen molar-refractivity contribution >= 4 is 10.1 Å². The lowest BCUT2D eigenvalue weighted by Crippen LogP contribution is -2.20. The van der Waals surface area contributed by atoms with E-state index in [0.29, 0.717) is 12.8 Å². The van der Waals surface area contributed by atoms with Crippen LogP contribution in [0.25, 0.3) is 0 Å². The first-order valence-electron chi connectivity index (χ1n) is 7.06. The van der Waals surface area contributed by atoms with E-state index in [4.69, 9.17) is 4.55 Å². The van der Waals surface area contributed by atoms with Gasteiger partial charge in [-0.1, -0.05) is 46.0 Å². The maximum Gasteiger partial charge on any atom is 0.267 e. The number of hydrogen-bond acceptors (Lipinski definition) is 3. The van der Waals surface area contributed by atoms with Crippen molar-refractivity contribution in [1.29, 1.82) is 0 Å². The van der Waals surface area contributed by atoms with E-state index in [1.54, 1.807) is 0 Å². The number of hydrogen-bond donors (Lipinski definition) is 2. The van der Waals surface area contributed by atoms with Gasteiger partial charge < -0.3 is 5.11 Å². The minimum Gasteiger partial charge on any atom is -0.393 e. The van der Waals surface area contributed by atoms with Gasteiger partial charge in [-0.25, -0.2) is 0 Å². The van der Waals surface area contributed by atoms with Crippen molar-refractivity contribution in [2.45, 2.75) is 83.0 Å². The van der Waals surface area contributed by atoms with E-state index in [-0.39, 0.29) is 6.10 Å². The molecule has 5 heteroatoms. The van der Waals surface area contributed by atoms with Crippen molar-refractivity contribution < 1.29 is 18.1 Å². The third-order valence-electron chi connectivity index (χ3n) is 3.24. The summed E-state index contributed by atoms with van der Waals surface area (Å²) in [5.74, 6) is 0. The average molecular weight is 280 g/mol. The maximum absolute atomic E-state index is 11.2. The monoisotopic (exact) mass is 280 g/mol. The van der Waals surface area contributed by atoms with Gasteiger partial charge in [0.05, 0.1) is 11.4 Å². The van der Waals surface area contributed by atoms with Crippen LogP contribution in [-0.2, 0) is 10.1 Å². The van der Waals surface area contributed by atoms with Crippen LogP contribution in [0, 0.1) is 0 Å². The lowest BCUT2D eigenvalue weighted by Gasteiger charge is -2.14. The molecule has 0 aliphatic carbocycles. The number of unbranched alkanes of at least 4 members (excludes halogenated alkanes) is 2. The highest BCUT2D eigenvalue weighted by atomic mass is 32.2. The van der Waals surface area contributed by atoms with Crippen molar-refractivity contribution in [3.8, 4) is 0 Å². The van der Waals surface area contributed by atoms with Crippen LogP contribution in [0.5, 0.6) is 0 Å². The first-order valence-corrected chi connectivity index (χ1v) is 8.56. The normalized spacial score (nSPS) is 15.6. The molecule has 0 aliphatic rings. The van der Waals surface area contributed by atoms with Crippen LogP contribution in [0.3, 0.4) is 0 Å². The van der Waals surface area contributed by atoms with Gasteiger partial charge in [0.15, 0.2) is 0 Å². The number of aliphatic hydroxyl groups is 1. The van der Waals surface area contributed by atoms with Crippen molar-refractivity contribution in [2.75, 3.05) is 0 Å². The van der Waals surface area contributed by atoms with Crippen LogP contribution in [0.15, 0.2) is 0 Å². The molecule has 0 amide bonds. The highest BCUT2D eigenvalue weighted by Gasteiger charge is 2.21. The van der Waals surface area contributed by atoms with Gasteiger partial charge in [-0.2, -0.15) is 8.42 Å². The first-order chi connectivity index (χ1) is 8.41. The molecule has 0 saturated heterocycles. The lowest BCUT2D eigenvalue weighted by atomic mass is 10.0. The van der Waals surface area contributed by atoms with Crippen LogP contribution >= 0.6 is 0 Å². The standard InChI is InChI=1S/C13H28O4S/c1-3-5-10-13(18(15,16)17)11-7-6-9-12(14)8-4-2/h12-14H,3-11H2,1-2H3,(H,15,16,17). The molecule has 0 rings (SSSR count). The summed E-state index contributed by atoms with van der Waals surface area (Å²) in [6, 6.07) is 0. The van der Waals surface area contributed by atoms with Crippen molar-refractivity contribution in [3.05, 3.63) is 0 Å². The second-order valence-corrected chi connectivity index (χ2v) is 6.70. The van der Waals surface area contributed by atoms with Gasteiger partial charge in [0.2, 0.25) is 0 Å². The Morgan fingerprint density at radius 1 is 0.889 bits per heavy atom. The van der Waals surface area contributed by atoms with E-state index >= 15 is 0 Å². The molecule has 0 fully saturated rings. The Bertz CT molecular complexity index is 287. The smallest absolute Gasteiger partial charge is 0.267 e. The molecular formula is C13H28O4S. The van der Waals surface area contributed by atoms with E-state index < -0.39 is 15.4 Å². The van der Waals surface area contributed by atoms with Gasteiger partial charge in [-0.15, -0.1) is 0 Å². The predicted octanol–water partition coefficient (Wildman–Crippen LogP) is 3.15. The van der Waals surface area contributed by atoms with Crippen molar-refractivity contribution in [1.82, 2.24) is 0 Å². The summed E-state index contributed by atoms with van der Waals surface area (Å²) in [6.07, 6.45) is 6.57. The van der Waals surface area contributed by atoms with Gasteiger partial charge in [0, 0.05) is 0 Å². The Hall–Kier alpha value is -0.130. The van der Waals surface area contributed by atoms with Gasteiger partial charge in [-0.05, 0) is 25.7 Å². The number of aliphatic hydroxyl groups excluding tert-OH is 1. The summed E-state index contributed by atoms with van der Waals surface area (Å²) < 4.78 is 31.5. The van der Waals surface area contributed by atoms with Gasteiger partial charge >= 0.3 is 0 Å². The second kappa shape index (κ2) is 9.75. The molecule has 110 valence electrons. The van der Waals surface area contributed by atoms with Crippen LogP contribution < -0.4 is 0 Å². The van der Waals surface area contributed by atoms with Crippen LogP contribution in [0.2, 0.25) is 0 Å². The highest BCUT2D eigenvalue weighted by Crippen LogP contribution is 2.17. The molecule has 0 aromatic rings. The summed E-state index contributed by atoms with van der Waals surface area (Å²) >= 11 is 0.